The molecule has 2 aromatic heterocycles. The molecular weight excluding hydrogens is 414 g/mol. The van der Waals surface area contributed by atoms with Crippen LogP contribution in [0.4, 0.5) is 0 Å². The molecule has 0 aliphatic heterocycles. The highest BCUT2D eigenvalue weighted by Gasteiger charge is 2.10. The zero-order valence-corrected chi connectivity index (χ0v) is 18.1. The predicted molar refractivity (Wildman–Crippen MR) is 122 cm³/mol. The highest BCUT2D eigenvalue weighted by atomic mass is 16.5. The average molecular weight is 435 g/mol. The van der Waals surface area contributed by atoms with Gasteiger partial charge in [0.2, 0.25) is 0 Å². The van der Waals surface area contributed by atoms with E-state index in [1.54, 1.807) is 38.0 Å². The van der Waals surface area contributed by atoms with Crippen molar-refractivity contribution in [3.05, 3.63) is 101 Å². The van der Waals surface area contributed by atoms with Gasteiger partial charge in [-0.2, -0.15) is 10.5 Å². The number of imidazole rings is 1. The Labute approximate surface area is 192 Å². The van der Waals surface area contributed by atoms with Crippen molar-refractivity contribution in [2.75, 3.05) is 7.11 Å². The first kappa shape index (κ1) is 21.8. The van der Waals surface area contributed by atoms with Gasteiger partial charge in [-0.1, -0.05) is 24.3 Å². The first-order valence-electron chi connectivity index (χ1n) is 10.3. The molecule has 0 unspecified atom stereocenters. The third-order valence-electron chi connectivity index (χ3n) is 5.22. The quantitative estimate of drug-likeness (QED) is 0.405. The summed E-state index contributed by atoms with van der Waals surface area (Å²) in [7, 11) is 1.63. The van der Waals surface area contributed by atoms with E-state index >= 15 is 0 Å². The smallest absolute Gasteiger partial charge is 0.140 e. The number of methoxy groups -OCH3 is 1. The van der Waals surface area contributed by atoms with E-state index < -0.39 is 0 Å². The standard InChI is InChI=1S/C26H21N5O2/c1-32-25-4-2-3-21(10-25)26-9-19(11-27)5-7-22(26)16-33-17-24-14-29-18-31(24)15-20-6-8-23(12-28)30-13-20/h2-10,13-14,18H,15-17H2,1H3. The molecule has 162 valence electrons. The van der Waals surface area contributed by atoms with Crippen molar-refractivity contribution in [1.29, 1.82) is 10.5 Å². The van der Waals surface area contributed by atoms with Crippen LogP contribution in [0.3, 0.4) is 0 Å². The van der Waals surface area contributed by atoms with Gasteiger partial charge in [0.25, 0.3) is 0 Å². The average Bonchev–Trinajstić information content (AvgIpc) is 3.31. The lowest BCUT2D eigenvalue weighted by Gasteiger charge is -2.13. The van der Waals surface area contributed by atoms with Crippen molar-refractivity contribution < 1.29 is 9.47 Å². The van der Waals surface area contributed by atoms with Gasteiger partial charge in [0.1, 0.15) is 17.5 Å². The second-order valence-electron chi connectivity index (χ2n) is 7.38. The number of hydrogen-bond acceptors (Lipinski definition) is 6. The number of hydrogen-bond donors (Lipinski definition) is 0. The Kier molecular flexibility index (Phi) is 6.75. The Bertz CT molecular complexity index is 1330. The first-order valence-corrected chi connectivity index (χ1v) is 10.3. The van der Waals surface area contributed by atoms with Crippen LogP contribution < -0.4 is 4.74 Å². The molecule has 0 radical (unpaired) electrons. The third kappa shape index (κ3) is 5.24. The monoisotopic (exact) mass is 435 g/mol. The van der Waals surface area contributed by atoms with Gasteiger partial charge < -0.3 is 14.0 Å². The first-order chi connectivity index (χ1) is 16.2. The molecule has 0 amide bonds. The van der Waals surface area contributed by atoms with Gasteiger partial charge in [-0.15, -0.1) is 0 Å². The van der Waals surface area contributed by atoms with E-state index in [2.05, 4.69) is 16.0 Å². The van der Waals surface area contributed by atoms with Crippen LogP contribution in [-0.4, -0.2) is 21.6 Å². The molecule has 0 atom stereocenters. The molecule has 0 bridgehead atoms. The van der Waals surface area contributed by atoms with Crippen LogP contribution >= 0.6 is 0 Å². The summed E-state index contributed by atoms with van der Waals surface area (Å²) < 4.78 is 13.4. The zero-order chi connectivity index (χ0) is 23.0. The lowest BCUT2D eigenvalue weighted by Crippen LogP contribution is -2.06. The van der Waals surface area contributed by atoms with E-state index in [-0.39, 0.29) is 0 Å². The molecular formula is C26H21N5O2. The maximum absolute atomic E-state index is 9.35. The molecule has 2 aromatic carbocycles. The van der Waals surface area contributed by atoms with E-state index in [4.69, 9.17) is 14.7 Å². The maximum atomic E-state index is 9.35. The van der Waals surface area contributed by atoms with Gasteiger partial charge in [-0.05, 0) is 52.6 Å². The van der Waals surface area contributed by atoms with Crippen molar-refractivity contribution in [3.8, 4) is 29.0 Å². The molecule has 4 rings (SSSR count). The van der Waals surface area contributed by atoms with E-state index in [1.807, 2.05) is 53.1 Å². The highest BCUT2D eigenvalue weighted by Crippen LogP contribution is 2.29. The third-order valence-corrected chi connectivity index (χ3v) is 5.22. The number of aromatic nitrogens is 3. The molecule has 33 heavy (non-hydrogen) atoms. The van der Waals surface area contributed by atoms with Crippen molar-refractivity contribution in [3.63, 3.8) is 0 Å². The summed E-state index contributed by atoms with van der Waals surface area (Å²) in [6.07, 6.45) is 5.22. The van der Waals surface area contributed by atoms with Crippen LogP contribution in [0.25, 0.3) is 11.1 Å². The molecule has 7 nitrogen and oxygen atoms in total. The minimum absolute atomic E-state index is 0.376. The summed E-state index contributed by atoms with van der Waals surface area (Å²) in [5.41, 5.74) is 5.75. The molecule has 0 fully saturated rings. The lowest BCUT2D eigenvalue weighted by atomic mass is 9.97. The van der Waals surface area contributed by atoms with E-state index in [9.17, 15) is 5.26 Å². The number of rotatable bonds is 8. The second-order valence-corrected chi connectivity index (χ2v) is 7.38. The van der Waals surface area contributed by atoms with Gasteiger partial charge in [-0.25, -0.2) is 9.97 Å². The fraction of sp³-hybridized carbons (Fsp3) is 0.154. The van der Waals surface area contributed by atoms with E-state index in [0.717, 1.165) is 33.7 Å². The summed E-state index contributed by atoms with van der Waals surface area (Å²) in [5.74, 6) is 0.753. The van der Waals surface area contributed by atoms with Gasteiger partial charge >= 0.3 is 0 Å². The van der Waals surface area contributed by atoms with Crippen LogP contribution in [-0.2, 0) is 24.5 Å². The summed E-state index contributed by atoms with van der Waals surface area (Å²) in [6, 6.07) is 21.1. The number of nitrogens with zero attached hydrogens (tertiary/aromatic N) is 5. The largest absolute Gasteiger partial charge is 0.497 e. The second kappa shape index (κ2) is 10.2. The summed E-state index contributed by atoms with van der Waals surface area (Å²) >= 11 is 0. The van der Waals surface area contributed by atoms with Gasteiger partial charge in [-0.3, -0.25) is 0 Å². The van der Waals surface area contributed by atoms with Crippen LogP contribution in [0, 0.1) is 22.7 Å². The predicted octanol–water partition coefficient (Wildman–Crippen LogP) is 4.46. The van der Waals surface area contributed by atoms with Crippen molar-refractivity contribution in [1.82, 2.24) is 14.5 Å². The molecule has 0 N–H and O–H groups in total. The van der Waals surface area contributed by atoms with Crippen LogP contribution in [0.1, 0.15) is 28.1 Å². The number of benzene rings is 2. The molecule has 0 saturated carbocycles. The number of nitriles is 2. The van der Waals surface area contributed by atoms with Crippen LogP contribution in [0.2, 0.25) is 0 Å². The van der Waals surface area contributed by atoms with Crippen molar-refractivity contribution in [2.24, 2.45) is 0 Å². The molecule has 0 saturated heterocycles. The minimum atomic E-state index is 0.376. The van der Waals surface area contributed by atoms with Crippen LogP contribution in [0.15, 0.2) is 73.3 Å². The summed E-state index contributed by atoms with van der Waals surface area (Å²) in [5, 5.41) is 18.2. The van der Waals surface area contributed by atoms with Crippen molar-refractivity contribution in [2.45, 2.75) is 19.8 Å². The Morgan fingerprint density at radius 1 is 0.970 bits per heavy atom. The molecule has 0 aliphatic carbocycles. The Hall–Kier alpha value is -4.46. The van der Waals surface area contributed by atoms with E-state index in [0.29, 0.717) is 31.0 Å². The summed E-state index contributed by atoms with van der Waals surface area (Å²) in [6.45, 7) is 1.34. The fourth-order valence-corrected chi connectivity index (χ4v) is 3.49. The van der Waals surface area contributed by atoms with Crippen LogP contribution in [0.5, 0.6) is 5.75 Å². The molecule has 0 spiro atoms. The van der Waals surface area contributed by atoms with E-state index in [1.165, 1.54) is 0 Å². The lowest BCUT2D eigenvalue weighted by molar-refractivity contribution is 0.103. The molecule has 4 aromatic rings. The Balaban J connectivity index is 1.48. The van der Waals surface area contributed by atoms with Gasteiger partial charge in [0, 0.05) is 6.20 Å². The zero-order valence-electron chi connectivity index (χ0n) is 18.1. The SMILES string of the molecule is COc1cccc(-c2cc(C#N)ccc2COCc2cncn2Cc2ccc(C#N)nc2)c1. The van der Waals surface area contributed by atoms with Crippen molar-refractivity contribution >= 4 is 0 Å². The number of ether oxygens (including phenoxy) is 2. The fourth-order valence-electron chi connectivity index (χ4n) is 3.49. The number of pyridine rings is 1. The molecule has 0 aliphatic rings. The van der Waals surface area contributed by atoms with Gasteiger partial charge in [0.05, 0.1) is 56.7 Å². The Morgan fingerprint density at radius 2 is 1.88 bits per heavy atom. The summed E-state index contributed by atoms with van der Waals surface area (Å²) in [4.78, 5) is 8.36. The molecule has 7 heteroatoms. The topological polar surface area (TPSA) is 96.8 Å². The molecule has 2 heterocycles. The normalized spacial score (nSPS) is 10.4. The highest BCUT2D eigenvalue weighted by molar-refractivity contribution is 5.70. The maximum Gasteiger partial charge on any atom is 0.140 e. The minimum Gasteiger partial charge on any atom is -0.497 e. The van der Waals surface area contributed by atoms with Gasteiger partial charge in [0.15, 0.2) is 0 Å². The Morgan fingerprint density at radius 3 is 2.64 bits per heavy atom.